The van der Waals surface area contributed by atoms with Gasteiger partial charge in [-0.3, -0.25) is 9.89 Å². The van der Waals surface area contributed by atoms with Crippen LogP contribution < -0.4 is 10.5 Å². The van der Waals surface area contributed by atoms with Gasteiger partial charge in [0.25, 0.3) is 0 Å². The predicted octanol–water partition coefficient (Wildman–Crippen LogP) is 3.16. The molecule has 0 unspecified atom stereocenters. The fourth-order valence-corrected chi connectivity index (χ4v) is 2.60. The highest BCUT2D eigenvalue weighted by molar-refractivity contribution is 6.00. The Labute approximate surface area is 134 Å². The van der Waals surface area contributed by atoms with Crippen molar-refractivity contribution in [2.24, 2.45) is 5.73 Å². The number of nitrogens with one attached hydrogen (secondary N) is 1. The zero-order valence-corrected chi connectivity index (χ0v) is 13.0. The lowest BCUT2D eigenvalue weighted by molar-refractivity contribution is 0.100. The molecule has 23 heavy (non-hydrogen) atoms. The Morgan fingerprint density at radius 1 is 1.13 bits per heavy atom. The average molecular weight is 307 g/mol. The molecule has 0 saturated heterocycles. The summed E-state index contributed by atoms with van der Waals surface area (Å²) in [6, 6.07) is 14.9. The minimum absolute atomic E-state index is 0.461. The summed E-state index contributed by atoms with van der Waals surface area (Å²) in [6.45, 7) is 1.97. The van der Waals surface area contributed by atoms with E-state index in [-0.39, 0.29) is 0 Å². The van der Waals surface area contributed by atoms with Gasteiger partial charge in [-0.2, -0.15) is 5.10 Å². The summed E-state index contributed by atoms with van der Waals surface area (Å²) in [5.41, 5.74) is 10.2. The largest absolute Gasteiger partial charge is 0.497 e. The minimum Gasteiger partial charge on any atom is -0.497 e. The van der Waals surface area contributed by atoms with E-state index in [4.69, 9.17) is 10.5 Å². The van der Waals surface area contributed by atoms with E-state index in [0.717, 1.165) is 33.8 Å². The number of rotatable bonds is 4. The summed E-state index contributed by atoms with van der Waals surface area (Å²) in [4.78, 5) is 11.6. The number of H-pyrrole nitrogens is 1. The Morgan fingerprint density at radius 2 is 1.83 bits per heavy atom. The van der Waals surface area contributed by atoms with Crippen LogP contribution >= 0.6 is 0 Å². The lowest BCUT2D eigenvalue weighted by Crippen LogP contribution is -2.12. The van der Waals surface area contributed by atoms with Gasteiger partial charge in [-0.25, -0.2) is 0 Å². The van der Waals surface area contributed by atoms with Crippen molar-refractivity contribution in [1.82, 2.24) is 10.2 Å². The van der Waals surface area contributed by atoms with Crippen molar-refractivity contribution in [1.29, 1.82) is 0 Å². The van der Waals surface area contributed by atoms with Crippen LogP contribution in [0.1, 0.15) is 15.9 Å². The van der Waals surface area contributed by atoms with Crippen molar-refractivity contribution in [3.63, 3.8) is 0 Å². The number of nitrogens with zero attached hydrogens (tertiary/aromatic N) is 1. The van der Waals surface area contributed by atoms with Gasteiger partial charge < -0.3 is 10.5 Å². The van der Waals surface area contributed by atoms with Crippen LogP contribution in [0.25, 0.3) is 22.5 Å². The third kappa shape index (κ3) is 2.68. The second-order valence-electron chi connectivity index (χ2n) is 5.21. The highest BCUT2D eigenvalue weighted by Crippen LogP contribution is 2.31. The normalized spacial score (nSPS) is 10.5. The maximum atomic E-state index is 11.6. The number of amides is 1. The molecule has 0 aliphatic carbocycles. The Kier molecular flexibility index (Phi) is 3.85. The van der Waals surface area contributed by atoms with Crippen molar-refractivity contribution in [2.75, 3.05) is 7.11 Å². The van der Waals surface area contributed by atoms with Gasteiger partial charge in [0.15, 0.2) is 0 Å². The molecule has 3 N–H and O–H groups in total. The third-order valence-electron chi connectivity index (χ3n) is 3.84. The van der Waals surface area contributed by atoms with Gasteiger partial charge in [0, 0.05) is 22.3 Å². The molecule has 1 aromatic heterocycles. The molecule has 5 nitrogen and oxygen atoms in total. The molecule has 5 heteroatoms. The molecule has 116 valence electrons. The molecule has 0 aliphatic rings. The number of hydrogen-bond acceptors (Lipinski definition) is 3. The first-order chi connectivity index (χ1) is 11.1. The summed E-state index contributed by atoms with van der Waals surface area (Å²) in [6.07, 6.45) is 0. The number of benzene rings is 2. The maximum Gasteiger partial charge on any atom is 0.249 e. The van der Waals surface area contributed by atoms with Crippen molar-refractivity contribution in [2.45, 2.75) is 6.92 Å². The zero-order valence-electron chi connectivity index (χ0n) is 13.0. The van der Waals surface area contributed by atoms with E-state index in [1.807, 2.05) is 43.3 Å². The van der Waals surface area contributed by atoms with Crippen LogP contribution in [0.5, 0.6) is 5.75 Å². The van der Waals surface area contributed by atoms with Crippen molar-refractivity contribution in [3.05, 3.63) is 59.7 Å². The van der Waals surface area contributed by atoms with Gasteiger partial charge in [0.2, 0.25) is 5.91 Å². The van der Waals surface area contributed by atoms with Gasteiger partial charge in [-0.05, 0) is 37.3 Å². The second-order valence-corrected chi connectivity index (χ2v) is 5.21. The number of ether oxygens (including phenoxy) is 1. The lowest BCUT2D eigenvalue weighted by atomic mass is 9.99. The third-order valence-corrected chi connectivity index (χ3v) is 3.84. The Bertz CT molecular complexity index is 851. The second kappa shape index (κ2) is 5.96. The number of primary amides is 1. The van der Waals surface area contributed by atoms with E-state index in [0.29, 0.717) is 5.56 Å². The molecule has 0 fully saturated rings. The van der Waals surface area contributed by atoms with Crippen LogP contribution in [0.2, 0.25) is 0 Å². The molecular formula is C18H17N3O2. The fourth-order valence-electron chi connectivity index (χ4n) is 2.60. The summed E-state index contributed by atoms with van der Waals surface area (Å²) >= 11 is 0. The van der Waals surface area contributed by atoms with E-state index in [9.17, 15) is 4.79 Å². The topological polar surface area (TPSA) is 81.0 Å². The fraction of sp³-hybridized carbons (Fsp3) is 0.111. The van der Waals surface area contributed by atoms with Crippen molar-refractivity contribution >= 4 is 5.91 Å². The van der Waals surface area contributed by atoms with Gasteiger partial charge in [-0.15, -0.1) is 0 Å². The monoisotopic (exact) mass is 307 g/mol. The van der Waals surface area contributed by atoms with E-state index >= 15 is 0 Å². The van der Waals surface area contributed by atoms with Crippen molar-refractivity contribution < 1.29 is 9.53 Å². The van der Waals surface area contributed by atoms with E-state index in [1.165, 1.54) is 0 Å². The predicted molar refractivity (Wildman–Crippen MR) is 89.3 cm³/mol. The Hall–Kier alpha value is -3.08. The van der Waals surface area contributed by atoms with E-state index < -0.39 is 5.91 Å². The molecule has 2 aromatic carbocycles. The number of hydrogen-bond donors (Lipinski definition) is 2. The molecule has 0 radical (unpaired) electrons. The number of aromatic amines is 1. The maximum absolute atomic E-state index is 11.6. The van der Waals surface area contributed by atoms with Gasteiger partial charge in [0.05, 0.1) is 18.5 Å². The number of methoxy groups -OCH3 is 1. The number of carbonyl (C=O) groups excluding carboxylic acids is 1. The molecule has 1 heterocycles. The quantitative estimate of drug-likeness (QED) is 0.777. The van der Waals surface area contributed by atoms with Crippen molar-refractivity contribution in [3.8, 4) is 28.3 Å². The van der Waals surface area contributed by atoms with Gasteiger partial charge >= 0.3 is 0 Å². The first kappa shape index (κ1) is 14.8. The van der Waals surface area contributed by atoms with Gasteiger partial charge in [-0.1, -0.05) is 18.2 Å². The highest BCUT2D eigenvalue weighted by Gasteiger charge is 2.17. The molecule has 1 amide bonds. The summed E-state index contributed by atoms with van der Waals surface area (Å²) in [5.74, 6) is 0.333. The molecule has 0 atom stereocenters. The molecule has 3 aromatic rings. The molecule has 3 rings (SSSR count). The highest BCUT2D eigenvalue weighted by atomic mass is 16.5. The average Bonchev–Trinajstić information content (AvgIpc) is 2.96. The van der Waals surface area contributed by atoms with Crippen LogP contribution in [-0.4, -0.2) is 23.2 Å². The van der Waals surface area contributed by atoms with E-state index in [1.54, 1.807) is 19.2 Å². The molecular weight excluding hydrogens is 290 g/mol. The number of nitrogens with two attached hydrogens (primary N) is 1. The molecule has 0 bridgehead atoms. The zero-order chi connectivity index (χ0) is 16.4. The van der Waals surface area contributed by atoms with Gasteiger partial charge in [0.1, 0.15) is 5.75 Å². The first-order valence-corrected chi connectivity index (χ1v) is 7.20. The standard InChI is InChI=1S/C18H17N3O2/c1-11-16(12-7-9-13(23-2)10-8-12)20-21-17(11)14-5-3-4-6-15(14)18(19)22/h3-10H,1-2H3,(H2,19,22)(H,20,21). The minimum atomic E-state index is -0.464. The summed E-state index contributed by atoms with van der Waals surface area (Å²) < 4.78 is 5.17. The molecule has 0 aliphatic heterocycles. The van der Waals surface area contributed by atoms with Crippen LogP contribution in [0, 0.1) is 6.92 Å². The first-order valence-electron chi connectivity index (χ1n) is 7.20. The van der Waals surface area contributed by atoms with Crippen LogP contribution in [0.4, 0.5) is 0 Å². The van der Waals surface area contributed by atoms with Crippen LogP contribution in [-0.2, 0) is 0 Å². The van der Waals surface area contributed by atoms with E-state index in [2.05, 4.69) is 10.2 Å². The summed E-state index contributed by atoms with van der Waals surface area (Å²) in [7, 11) is 1.63. The van der Waals surface area contributed by atoms with Crippen LogP contribution in [0.15, 0.2) is 48.5 Å². The smallest absolute Gasteiger partial charge is 0.249 e. The molecule has 0 spiro atoms. The Morgan fingerprint density at radius 3 is 2.48 bits per heavy atom. The van der Waals surface area contributed by atoms with Crippen LogP contribution in [0.3, 0.4) is 0 Å². The summed E-state index contributed by atoms with van der Waals surface area (Å²) in [5, 5.41) is 7.43. The number of aromatic nitrogens is 2. The SMILES string of the molecule is COc1ccc(-c2[nH]nc(-c3ccccc3C(N)=O)c2C)cc1. The lowest BCUT2D eigenvalue weighted by Gasteiger charge is -2.06. The Balaban J connectivity index is 2.07. The number of carbonyl (C=O) groups is 1. The molecule has 0 saturated carbocycles.